The second-order valence-corrected chi connectivity index (χ2v) is 4.50. The van der Waals surface area contributed by atoms with Crippen LogP contribution < -0.4 is 11.1 Å². The van der Waals surface area contributed by atoms with Crippen molar-refractivity contribution in [3.63, 3.8) is 0 Å². The van der Waals surface area contributed by atoms with E-state index in [0.29, 0.717) is 11.4 Å². The van der Waals surface area contributed by atoms with Crippen LogP contribution in [0.3, 0.4) is 0 Å². The van der Waals surface area contributed by atoms with Gasteiger partial charge < -0.3 is 20.7 Å². The van der Waals surface area contributed by atoms with E-state index in [0.717, 1.165) is 17.8 Å². The minimum absolute atomic E-state index is 0.168. The molecule has 0 saturated heterocycles. The van der Waals surface area contributed by atoms with Crippen LogP contribution in [0.4, 0.5) is 5.82 Å². The molecule has 0 spiro atoms. The number of anilines is 1. The average Bonchev–Trinajstić information content (AvgIpc) is 2.82. The molecule has 1 atom stereocenters. The maximum atomic E-state index is 11.1. The Hall–Kier alpha value is -2.18. The Kier molecular flexibility index (Phi) is 4.16. The van der Waals surface area contributed by atoms with Crippen LogP contribution in [0.15, 0.2) is 30.6 Å². The molecule has 2 rings (SSSR count). The molecule has 0 saturated carbocycles. The molecule has 0 radical (unpaired) electrons. The van der Waals surface area contributed by atoms with Crippen molar-refractivity contribution in [2.75, 3.05) is 5.32 Å². The van der Waals surface area contributed by atoms with Gasteiger partial charge in [-0.1, -0.05) is 0 Å². The van der Waals surface area contributed by atoms with E-state index in [1.54, 1.807) is 12.3 Å². The van der Waals surface area contributed by atoms with Gasteiger partial charge >= 0.3 is 0 Å². The van der Waals surface area contributed by atoms with Crippen LogP contribution >= 0.6 is 0 Å². The van der Waals surface area contributed by atoms with Gasteiger partial charge in [-0.05, 0) is 25.1 Å². The molecular formula is C14H18N4O2. The van der Waals surface area contributed by atoms with Crippen molar-refractivity contribution < 1.29 is 9.90 Å². The van der Waals surface area contributed by atoms with Gasteiger partial charge in [0.1, 0.15) is 12.0 Å². The Bertz CT molecular complexity index is 619. The van der Waals surface area contributed by atoms with Crippen LogP contribution in [0.25, 0.3) is 11.3 Å². The molecule has 0 aromatic carbocycles. The van der Waals surface area contributed by atoms with Gasteiger partial charge in [-0.2, -0.15) is 0 Å². The van der Waals surface area contributed by atoms with E-state index in [1.807, 2.05) is 29.8 Å². The van der Waals surface area contributed by atoms with Crippen LogP contribution in [0.2, 0.25) is 0 Å². The Morgan fingerprint density at radius 3 is 2.90 bits per heavy atom. The normalized spacial score (nSPS) is 12.2. The Labute approximate surface area is 117 Å². The first kappa shape index (κ1) is 14.2. The molecule has 0 aliphatic carbocycles. The number of pyridine rings is 1. The number of amides is 1. The van der Waals surface area contributed by atoms with E-state index in [9.17, 15) is 9.90 Å². The van der Waals surface area contributed by atoms with Crippen molar-refractivity contribution in [2.45, 2.75) is 26.6 Å². The molecule has 6 heteroatoms. The fraction of sp³-hybridized carbons (Fsp3) is 0.286. The van der Waals surface area contributed by atoms with Crippen molar-refractivity contribution in [3.05, 3.63) is 36.2 Å². The van der Waals surface area contributed by atoms with Gasteiger partial charge in [-0.3, -0.25) is 4.79 Å². The van der Waals surface area contributed by atoms with Gasteiger partial charge in [0.2, 0.25) is 5.91 Å². The van der Waals surface area contributed by atoms with Crippen LogP contribution in [-0.4, -0.2) is 20.6 Å². The second-order valence-electron chi connectivity index (χ2n) is 4.50. The molecule has 20 heavy (non-hydrogen) atoms. The number of nitrogens with one attached hydrogen (secondary N) is 1. The quantitative estimate of drug-likeness (QED) is 0.736. The molecule has 0 bridgehead atoms. The third-order valence-corrected chi connectivity index (χ3v) is 2.96. The maximum absolute atomic E-state index is 11.1. The summed E-state index contributed by atoms with van der Waals surface area (Å²) < 4.78 is 1.98. The largest absolute Gasteiger partial charge is 0.374 e. The van der Waals surface area contributed by atoms with Gasteiger partial charge in [0.05, 0.1) is 0 Å². The molecule has 1 amide bonds. The summed E-state index contributed by atoms with van der Waals surface area (Å²) >= 11 is 0. The SMILES string of the molecule is CCn1cc(C(N)O)cc1-c1ccnc(NC(C)=O)c1. The standard InChI is InChI=1S/C14H18N4O2/c1-3-18-8-11(14(15)20)6-12(18)10-4-5-16-13(7-10)17-9(2)19/h4-8,14,20H,3,15H2,1-2H3,(H,16,17,19). The topological polar surface area (TPSA) is 93.2 Å². The van der Waals surface area contributed by atoms with Crippen molar-refractivity contribution in [1.29, 1.82) is 0 Å². The number of aromatic nitrogens is 2. The lowest BCUT2D eigenvalue weighted by atomic mass is 10.1. The van der Waals surface area contributed by atoms with Crippen LogP contribution in [0.5, 0.6) is 0 Å². The summed E-state index contributed by atoms with van der Waals surface area (Å²) in [5, 5.41) is 12.1. The predicted molar refractivity (Wildman–Crippen MR) is 76.8 cm³/mol. The molecule has 2 heterocycles. The zero-order valence-corrected chi connectivity index (χ0v) is 11.5. The monoisotopic (exact) mass is 274 g/mol. The lowest BCUT2D eigenvalue weighted by Crippen LogP contribution is -2.07. The summed E-state index contributed by atoms with van der Waals surface area (Å²) in [5.74, 6) is 0.326. The molecule has 0 aliphatic heterocycles. The third-order valence-electron chi connectivity index (χ3n) is 2.96. The summed E-state index contributed by atoms with van der Waals surface area (Å²) in [4.78, 5) is 15.2. The molecule has 0 aliphatic rings. The number of aliphatic hydroxyl groups is 1. The first-order valence-electron chi connectivity index (χ1n) is 6.39. The third kappa shape index (κ3) is 3.04. The van der Waals surface area contributed by atoms with Gasteiger partial charge in [-0.25, -0.2) is 4.98 Å². The Morgan fingerprint density at radius 1 is 1.55 bits per heavy atom. The zero-order valence-electron chi connectivity index (χ0n) is 11.5. The van der Waals surface area contributed by atoms with E-state index >= 15 is 0 Å². The number of hydrogen-bond acceptors (Lipinski definition) is 4. The van der Waals surface area contributed by atoms with Crippen LogP contribution in [-0.2, 0) is 11.3 Å². The summed E-state index contributed by atoms with van der Waals surface area (Å²) in [6.07, 6.45) is 2.45. The first-order valence-corrected chi connectivity index (χ1v) is 6.39. The summed E-state index contributed by atoms with van der Waals surface area (Å²) in [5.41, 5.74) is 7.97. The highest BCUT2D eigenvalue weighted by atomic mass is 16.3. The van der Waals surface area contributed by atoms with Crippen molar-refractivity contribution in [3.8, 4) is 11.3 Å². The number of rotatable bonds is 4. The van der Waals surface area contributed by atoms with E-state index in [4.69, 9.17) is 5.73 Å². The molecule has 0 fully saturated rings. The van der Waals surface area contributed by atoms with E-state index in [-0.39, 0.29) is 5.91 Å². The first-order chi connectivity index (χ1) is 9.51. The number of nitrogens with zero attached hydrogens (tertiary/aromatic N) is 2. The maximum Gasteiger partial charge on any atom is 0.222 e. The number of nitrogens with two attached hydrogens (primary N) is 1. The van der Waals surface area contributed by atoms with Crippen molar-refractivity contribution in [2.24, 2.45) is 5.73 Å². The van der Waals surface area contributed by atoms with E-state index < -0.39 is 6.23 Å². The zero-order chi connectivity index (χ0) is 14.7. The summed E-state index contributed by atoms with van der Waals surface area (Å²) in [6, 6.07) is 5.47. The van der Waals surface area contributed by atoms with Gasteiger partial charge in [-0.15, -0.1) is 0 Å². The number of carbonyl (C=O) groups excluding carboxylic acids is 1. The average molecular weight is 274 g/mol. The number of hydrogen-bond donors (Lipinski definition) is 3. The molecule has 1 unspecified atom stereocenters. The van der Waals surface area contributed by atoms with Gasteiger partial charge in [0.15, 0.2) is 0 Å². The highest BCUT2D eigenvalue weighted by Crippen LogP contribution is 2.25. The fourth-order valence-electron chi connectivity index (χ4n) is 2.04. The highest BCUT2D eigenvalue weighted by Gasteiger charge is 2.11. The lowest BCUT2D eigenvalue weighted by molar-refractivity contribution is -0.114. The van der Waals surface area contributed by atoms with Crippen LogP contribution in [0, 0.1) is 0 Å². The smallest absolute Gasteiger partial charge is 0.222 e. The molecule has 6 nitrogen and oxygen atoms in total. The number of carbonyl (C=O) groups is 1. The minimum atomic E-state index is -1.00. The van der Waals surface area contributed by atoms with E-state index in [1.165, 1.54) is 6.92 Å². The Balaban J connectivity index is 2.42. The van der Waals surface area contributed by atoms with Crippen LogP contribution in [0.1, 0.15) is 25.6 Å². The second kappa shape index (κ2) is 5.85. The summed E-state index contributed by atoms with van der Waals surface area (Å²) in [6.45, 7) is 4.19. The molecule has 106 valence electrons. The van der Waals surface area contributed by atoms with E-state index in [2.05, 4.69) is 10.3 Å². The van der Waals surface area contributed by atoms with Crippen molar-refractivity contribution in [1.82, 2.24) is 9.55 Å². The lowest BCUT2D eigenvalue weighted by Gasteiger charge is -2.08. The predicted octanol–water partition coefficient (Wildman–Crippen LogP) is 1.48. The molecule has 2 aromatic rings. The molecule has 2 aromatic heterocycles. The molecule has 4 N–H and O–H groups in total. The number of aryl methyl sites for hydroxylation is 1. The fourth-order valence-corrected chi connectivity index (χ4v) is 2.04. The van der Waals surface area contributed by atoms with Gasteiger partial charge in [0, 0.05) is 42.7 Å². The Morgan fingerprint density at radius 2 is 2.30 bits per heavy atom. The molecular weight excluding hydrogens is 256 g/mol. The summed E-state index contributed by atoms with van der Waals surface area (Å²) in [7, 11) is 0. The minimum Gasteiger partial charge on any atom is -0.374 e. The van der Waals surface area contributed by atoms with Gasteiger partial charge in [0.25, 0.3) is 0 Å². The van der Waals surface area contributed by atoms with Crippen molar-refractivity contribution >= 4 is 11.7 Å². The highest BCUT2D eigenvalue weighted by molar-refractivity contribution is 5.88. The number of aliphatic hydroxyl groups excluding tert-OH is 1.